The smallest absolute Gasteiger partial charge is 0.343 e. The van der Waals surface area contributed by atoms with Gasteiger partial charge in [0.25, 0.3) is 0 Å². The van der Waals surface area contributed by atoms with Crippen molar-refractivity contribution in [1.29, 1.82) is 0 Å². The van der Waals surface area contributed by atoms with Crippen molar-refractivity contribution in [1.82, 2.24) is 4.90 Å². The lowest BCUT2D eigenvalue weighted by Crippen LogP contribution is -2.28. The van der Waals surface area contributed by atoms with E-state index < -0.39 is 11.6 Å². The van der Waals surface area contributed by atoms with E-state index in [0.29, 0.717) is 0 Å². The third-order valence-electron chi connectivity index (χ3n) is 2.22. The maximum absolute atomic E-state index is 12.0. The lowest BCUT2D eigenvalue weighted by Gasteiger charge is -2.20. The number of nitrogens with zero attached hydrogens (tertiary/aromatic N) is 1. The molecule has 17 heavy (non-hydrogen) atoms. The van der Waals surface area contributed by atoms with Gasteiger partial charge in [-0.15, -0.1) is 0 Å². The maximum atomic E-state index is 12.0. The van der Waals surface area contributed by atoms with E-state index >= 15 is 0 Å². The number of ketones is 1. The van der Waals surface area contributed by atoms with Crippen LogP contribution in [-0.2, 0) is 14.3 Å². The molecular weight excluding hydrogens is 218 g/mol. The predicted molar refractivity (Wildman–Crippen MR) is 65.3 cm³/mol. The average molecular weight is 239 g/mol. The number of ether oxygens (including phenoxy) is 1. The van der Waals surface area contributed by atoms with Gasteiger partial charge in [-0.2, -0.15) is 0 Å². The Morgan fingerprint density at radius 1 is 1.24 bits per heavy atom. The average Bonchev–Trinajstić information content (AvgIpc) is 2.92. The van der Waals surface area contributed by atoms with Crippen molar-refractivity contribution in [2.24, 2.45) is 5.92 Å². The topological polar surface area (TPSA) is 46.6 Å². The minimum atomic E-state index is -0.577. The zero-order valence-electron chi connectivity index (χ0n) is 11.2. The molecule has 0 radical (unpaired) electrons. The van der Waals surface area contributed by atoms with E-state index in [1.165, 1.54) is 0 Å². The monoisotopic (exact) mass is 239 g/mol. The van der Waals surface area contributed by atoms with E-state index in [1.54, 1.807) is 46.0 Å². The normalized spacial score (nSPS) is 16.6. The summed E-state index contributed by atoms with van der Waals surface area (Å²) in [5.74, 6) is -0.593. The zero-order valence-corrected chi connectivity index (χ0v) is 11.2. The number of carbonyl (C=O) groups is 2. The Bertz CT molecular complexity index is 346. The predicted octanol–water partition coefficient (Wildman–Crippen LogP) is 1.75. The van der Waals surface area contributed by atoms with Gasteiger partial charge in [-0.3, -0.25) is 4.79 Å². The van der Waals surface area contributed by atoms with Gasteiger partial charge in [-0.1, -0.05) is 0 Å². The fourth-order valence-electron chi connectivity index (χ4n) is 1.37. The molecule has 0 amide bonds. The molecule has 0 heterocycles. The highest BCUT2D eigenvalue weighted by Crippen LogP contribution is 2.33. The molecule has 4 heteroatoms. The molecule has 0 spiro atoms. The summed E-state index contributed by atoms with van der Waals surface area (Å²) in [4.78, 5) is 25.6. The second-order valence-corrected chi connectivity index (χ2v) is 5.65. The van der Waals surface area contributed by atoms with Crippen LogP contribution in [0.3, 0.4) is 0 Å². The first-order chi connectivity index (χ1) is 7.70. The van der Waals surface area contributed by atoms with Crippen LogP contribution in [0.2, 0.25) is 0 Å². The summed E-state index contributed by atoms with van der Waals surface area (Å²) in [6.07, 6.45) is 3.31. The van der Waals surface area contributed by atoms with E-state index in [4.69, 9.17) is 4.74 Å². The molecule has 96 valence electrons. The fraction of sp³-hybridized carbons (Fsp3) is 0.692. The lowest BCUT2D eigenvalue weighted by molar-refractivity contribution is -0.151. The lowest BCUT2D eigenvalue weighted by atomic mass is 10.1. The third kappa shape index (κ3) is 4.59. The molecular formula is C13H21NO3. The molecule has 1 aliphatic carbocycles. The molecule has 0 saturated heterocycles. The fourth-order valence-corrected chi connectivity index (χ4v) is 1.37. The van der Waals surface area contributed by atoms with Gasteiger partial charge in [-0.05, 0) is 33.6 Å². The van der Waals surface area contributed by atoms with Crippen molar-refractivity contribution < 1.29 is 14.3 Å². The molecule has 0 unspecified atom stereocenters. The molecule has 0 aromatic heterocycles. The van der Waals surface area contributed by atoms with Crippen LogP contribution in [0.5, 0.6) is 0 Å². The molecule has 0 atom stereocenters. The summed E-state index contributed by atoms with van der Waals surface area (Å²) in [7, 11) is 3.56. The quantitative estimate of drug-likeness (QED) is 0.324. The summed E-state index contributed by atoms with van der Waals surface area (Å²) in [5.41, 5.74) is -0.417. The molecule has 0 aliphatic heterocycles. The number of carbonyl (C=O) groups excluding carboxylic acids is 2. The Labute approximate surface area is 103 Å². The molecule has 4 nitrogen and oxygen atoms in total. The first-order valence-corrected chi connectivity index (χ1v) is 5.86. The standard InChI is InChI=1S/C13H21NO3/c1-13(2,3)17-12(16)10(8-14(4)5)11(15)9-6-7-9/h8-9H,6-7H2,1-5H3/b10-8-. The van der Waals surface area contributed by atoms with Crippen LogP contribution in [0.15, 0.2) is 11.8 Å². The summed E-state index contributed by atoms with van der Waals surface area (Å²) in [6.45, 7) is 5.37. The van der Waals surface area contributed by atoms with Crippen molar-refractivity contribution in [2.75, 3.05) is 14.1 Å². The van der Waals surface area contributed by atoms with Gasteiger partial charge in [-0.25, -0.2) is 4.79 Å². The van der Waals surface area contributed by atoms with Crippen LogP contribution >= 0.6 is 0 Å². The Balaban J connectivity index is 2.83. The Kier molecular flexibility index (Phi) is 3.96. The van der Waals surface area contributed by atoms with Crippen LogP contribution in [-0.4, -0.2) is 36.3 Å². The van der Waals surface area contributed by atoms with E-state index in [1.807, 2.05) is 0 Å². The van der Waals surface area contributed by atoms with Gasteiger partial charge >= 0.3 is 5.97 Å². The number of hydrogen-bond acceptors (Lipinski definition) is 4. The molecule has 1 aliphatic rings. The first-order valence-electron chi connectivity index (χ1n) is 5.86. The van der Waals surface area contributed by atoms with Crippen molar-refractivity contribution >= 4 is 11.8 Å². The van der Waals surface area contributed by atoms with Crippen molar-refractivity contribution in [3.05, 3.63) is 11.8 Å². The second-order valence-electron chi connectivity index (χ2n) is 5.65. The SMILES string of the molecule is CN(C)/C=C(\C(=O)OC(C)(C)C)C(=O)C1CC1. The summed E-state index contributed by atoms with van der Waals surface area (Å²) in [5, 5.41) is 0. The molecule has 0 aromatic carbocycles. The number of hydrogen-bond donors (Lipinski definition) is 0. The highest BCUT2D eigenvalue weighted by atomic mass is 16.6. The number of Topliss-reactive ketones (excluding diaryl/α,β-unsaturated/α-hetero) is 1. The summed E-state index contributed by atoms with van der Waals surface area (Å²) < 4.78 is 5.25. The Morgan fingerprint density at radius 2 is 1.76 bits per heavy atom. The molecule has 1 saturated carbocycles. The number of rotatable bonds is 4. The van der Waals surface area contributed by atoms with E-state index in [0.717, 1.165) is 12.8 Å². The minimum absolute atomic E-state index is 0.0220. The van der Waals surface area contributed by atoms with Crippen LogP contribution in [0.25, 0.3) is 0 Å². The molecule has 1 fully saturated rings. The summed E-state index contributed by atoms with van der Waals surface area (Å²) in [6, 6.07) is 0. The Hall–Kier alpha value is -1.32. The van der Waals surface area contributed by atoms with Crippen LogP contribution in [0.1, 0.15) is 33.6 Å². The van der Waals surface area contributed by atoms with Gasteiger partial charge in [0, 0.05) is 26.2 Å². The largest absolute Gasteiger partial charge is 0.456 e. The highest BCUT2D eigenvalue weighted by Gasteiger charge is 2.36. The van der Waals surface area contributed by atoms with Gasteiger partial charge in [0.1, 0.15) is 11.2 Å². The molecule has 0 N–H and O–H groups in total. The van der Waals surface area contributed by atoms with Crippen LogP contribution in [0, 0.1) is 5.92 Å². The minimum Gasteiger partial charge on any atom is -0.456 e. The molecule has 0 bridgehead atoms. The van der Waals surface area contributed by atoms with Gasteiger partial charge in [0.15, 0.2) is 5.78 Å². The van der Waals surface area contributed by atoms with Gasteiger partial charge in [0.05, 0.1) is 0 Å². The van der Waals surface area contributed by atoms with Gasteiger partial charge in [0.2, 0.25) is 0 Å². The van der Waals surface area contributed by atoms with E-state index in [-0.39, 0.29) is 17.3 Å². The second kappa shape index (κ2) is 4.90. The Morgan fingerprint density at radius 3 is 2.12 bits per heavy atom. The van der Waals surface area contributed by atoms with Crippen molar-refractivity contribution in [2.45, 2.75) is 39.2 Å². The highest BCUT2D eigenvalue weighted by molar-refractivity contribution is 6.18. The van der Waals surface area contributed by atoms with E-state index in [9.17, 15) is 9.59 Å². The molecule has 0 aromatic rings. The summed E-state index contributed by atoms with van der Waals surface area (Å²) >= 11 is 0. The molecule has 1 rings (SSSR count). The maximum Gasteiger partial charge on any atom is 0.343 e. The first kappa shape index (κ1) is 13.7. The van der Waals surface area contributed by atoms with Crippen LogP contribution in [0.4, 0.5) is 0 Å². The van der Waals surface area contributed by atoms with Crippen molar-refractivity contribution in [3.63, 3.8) is 0 Å². The van der Waals surface area contributed by atoms with Gasteiger partial charge < -0.3 is 9.64 Å². The van der Waals surface area contributed by atoms with Crippen LogP contribution < -0.4 is 0 Å². The van der Waals surface area contributed by atoms with Crippen molar-refractivity contribution in [3.8, 4) is 0 Å². The third-order valence-corrected chi connectivity index (χ3v) is 2.22. The zero-order chi connectivity index (χ0) is 13.2. The number of esters is 1. The van der Waals surface area contributed by atoms with E-state index in [2.05, 4.69) is 0 Å².